The Morgan fingerprint density at radius 3 is 2.19 bits per heavy atom. The molecule has 2 aromatic rings. The van der Waals surface area contributed by atoms with Crippen LogP contribution in [-0.2, 0) is 16.1 Å². The summed E-state index contributed by atoms with van der Waals surface area (Å²) >= 11 is 0. The molecule has 32 heavy (non-hydrogen) atoms. The highest BCUT2D eigenvalue weighted by atomic mass is 19.4. The molecule has 2 rings (SSSR count). The second-order valence-electron chi connectivity index (χ2n) is 6.39. The van der Waals surface area contributed by atoms with E-state index in [0.29, 0.717) is 5.56 Å². The van der Waals surface area contributed by atoms with E-state index < -0.39 is 24.1 Å². The van der Waals surface area contributed by atoms with Crippen LogP contribution in [0.5, 0.6) is 5.75 Å². The lowest BCUT2D eigenvalue weighted by Crippen LogP contribution is -2.28. The van der Waals surface area contributed by atoms with Crippen molar-refractivity contribution in [3.8, 4) is 5.75 Å². The summed E-state index contributed by atoms with van der Waals surface area (Å²) in [5.74, 6) is -1.13. The molecule has 0 aliphatic heterocycles. The van der Waals surface area contributed by atoms with Crippen molar-refractivity contribution < 1.29 is 37.0 Å². The van der Waals surface area contributed by atoms with Gasteiger partial charge in [0.2, 0.25) is 0 Å². The van der Waals surface area contributed by atoms with Crippen LogP contribution in [0, 0.1) is 0 Å². The van der Waals surface area contributed by atoms with E-state index in [1.807, 2.05) is 0 Å². The average molecular weight is 453 g/mol. The van der Waals surface area contributed by atoms with Crippen molar-refractivity contribution in [3.05, 3.63) is 59.7 Å². The van der Waals surface area contributed by atoms with Crippen LogP contribution >= 0.6 is 0 Å². The number of ether oxygens (including phenoxy) is 2. The van der Waals surface area contributed by atoms with Gasteiger partial charge in [0.1, 0.15) is 5.75 Å². The lowest BCUT2D eigenvalue weighted by molar-refractivity contribution is -0.274. The van der Waals surface area contributed by atoms with Crippen LogP contribution in [0.25, 0.3) is 0 Å². The Morgan fingerprint density at radius 1 is 0.938 bits per heavy atom. The van der Waals surface area contributed by atoms with Gasteiger partial charge >= 0.3 is 18.4 Å². The summed E-state index contributed by atoms with van der Waals surface area (Å²) in [5.41, 5.74) is 1.40. The number of halogens is 3. The highest BCUT2D eigenvalue weighted by molar-refractivity contribution is 5.94. The first-order valence-electron chi connectivity index (χ1n) is 9.59. The van der Waals surface area contributed by atoms with Gasteiger partial charge in [0.25, 0.3) is 5.91 Å². The number of benzene rings is 2. The Kier molecular flexibility index (Phi) is 8.87. The van der Waals surface area contributed by atoms with Crippen LogP contribution in [0.2, 0.25) is 0 Å². The molecule has 3 N–H and O–H groups in total. The molecule has 11 heteroatoms. The summed E-state index contributed by atoms with van der Waals surface area (Å²) in [6.45, 7) is 2.30. The molecule has 172 valence electrons. The van der Waals surface area contributed by atoms with Crippen molar-refractivity contribution >= 4 is 23.6 Å². The number of hydrogen-bond acceptors (Lipinski definition) is 5. The number of carbonyl (C=O) groups excluding carboxylic acids is 3. The molecule has 0 atom stereocenters. The van der Waals surface area contributed by atoms with Gasteiger partial charge in [-0.25, -0.2) is 4.79 Å². The minimum Gasteiger partial charge on any atom is -0.466 e. The zero-order chi connectivity index (χ0) is 23.6. The van der Waals surface area contributed by atoms with Gasteiger partial charge in [-0.1, -0.05) is 12.1 Å². The Hall–Kier alpha value is -3.76. The summed E-state index contributed by atoms with van der Waals surface area (Å²) in [6.07, 6.45) is -4.71. The fourth-order valence-corrected chi connectivity index (χ4v) is 2.48. The fourth-order valence-electron chi connectivity index (χ4n) is 2.48. The van der Waals surface area contributed by atoms with Crippen LogP contribution in [0.1, 0.15) is 29.3 Å². The number of urea groups is 1. The van der Waals surface area contributed by atoms with Crippen LogP contribution in [-0.4, -0.2) is 37.4 Å². The molecule has 0 spiro atoms. The first-order chi connectivity index (χ1) is 15.2. The summed E-state index contributed by atoms with van der Waals surface area (Å²) in [6, 6.07) is 10.6. The Balaban J connectivity index is 1.76. The van der Waals surface area contributed by atoms with Crippen molar-refractivity contribution in [1.82, 2.24) is 10.6 Å². The average Bonchev–Trinajstić information content (AvgIpc) is 2.73. The van der Waals surface area contributed by atoms with E-state index in [9.17, 15) is 27.6 Å². The highest BCUT2D eigenvalue weighted by Crippen LogP contribution is 2.23. The molecule has 8 nitrogen and oxygen atoms in total. The monoisotopic (exact) mass is 453 g/mol. The van der Waals surface area contributed by atoms with E-state index in [2.05, 4.69) is 20.7 Å². The second-order valence-corrected chi connectivity index (χ2v) is 6.39. The fraction of sp³-hybridized carbons (Fsp3) is 0.286. The maximum Gasteiger partial charge on any atom is 0.573 e. The van der Waals surface area contributed by atoms with Gasteiger partial charge in [-0.15, -0.1) is 13.2 Å². The SMILES string of the molecule is CCOC(=O)CCNC(=O)c1ccc(CNC(=O)Nc2ccc(OC(F)(F)F)cc2)cc1. The lowest BCUT2D eigenvalue weighted by Gasteiger charge is -2.11. The van der Waals surface area contributed by atoms with Gasteiger partial charge in [-0.05, 0) is 48.9 Å². The van der Waals surface area contributed by atoms with Crippen molar-refractivity contribution in [2.45, 2.75) is 26.3 Å². The lowest BCUT2D eigenvalue weighted by atomic mass is 10.1. The molecule has 0 heterocycles. The number of anilines is 1. The first kappa shape index (κ1) is 24.5. The van der Waals surface area contributed by atoms with Gasteiger partial charge < -0.3 is 25.4 Å². The molecule has 3 amide bonds. The Morgan fingerprint density at radius 2 is 1.59 bits per heavy atom. The van der Waals surface area contributed by atoms with Crippen LogP contribution < -0.4 is 20.7 Å². The number of hydrogen-bond donors (Lipinski definition) is 3. The van der Waals surface area contributed by atoms with E-state index in [0.717, 1.165) is 17.7 Å². The quantitative estimate of drug-likeness (QED) is 0.504. The highest BCUT2D eigenvalue weighted by Gasteiger charge is 2.30. The maximum atomic E-state index is 12.2. The van der Waals surface area contributed by atoms with Crippen LogP contribution in [0.4, 0.5) is 23.7 Å². The third-order valence-electron chi connectivity index (χ3n) is 3.93. The molecular formula is C21H22F3N3O5. The molecule has 0 saturated carbocycles. The third kappa shape index (κ3) is 8.94. The zero-order valence-electron chi connectivity index (χ0n) is 17.1. The van der Waals surface area contributed by atoms with Crippen molar-refractivity contribution in [2.75, 3.05) is 18.5 Å². The zero-order valence-corrected chi connectivity index (χ0v) is 17.1. The molecule has 2 aromatic carbocycles. The van der Waals surface area contributed by atoms with E-state index >= 15 is 0 Å². The minimum atomic E-state index is -4.79. The molecule has 0 bridgehead atoms. The van der Waals surface area contributed by atoms with E-state index in [-0.39, 0.29) is 37.7 Å². The molecule has 0 saturated heterocycles. The van der Waals surface area contributed by atoms with Crippen molar-refractivity contribution in [3.63, 3.8) is 0 Å². The molecule has 0 aliphatic rings. The van der Waals surface area contributed by atoms with E-state index in [4.69, 9.17) is 4.74 Å². The number of esters is 1. The molecule has 0 radical (unpaired) electrons. The summed E-state index contributed by atoms with van der Waals surface area (Å²) in [4.78, 5) is 35.3. The molecular weight excluding hydrogens is 431 g/mol. The Labute approximate surface area is 182 Å². The van der Waals surface area contributed by atoms with Gasteiger partial charge in [0, 0.05) is 24.3 Å². The first-order valence-corrected chi connectivity index (χ1v) is 9.59. The smallest absolute Gasteiger partial charge is 0.466 e. The predicted octanol–water partition coefficient (Wildman–Crippen LogP) is 3.59. The Bertz CT molecular complexity index is 916. The number of nitrogens with one attached hydrogen (secondary N) is 3. The van der Waals surface area contributed by atoms with Gasteiger partial charge in [0.15, 0.2) is 0 Å². The summed E-state index contributed by atoms with van der Waals surface area (Å²) < 4.78 is 45.0. The van der Waals surface area contributed by atoms with E-state index in [1.165, 1.54) is 12.1 Å². The predicted molar refractivity (Wildman–Crippen MR) is 109 cm³/mol. The third-order valence-corrected chi connectivity index (χ3v) is 3.93. The molecule has 0 fully saturated rings. The molecule has 0 unspecified atom stereocenters. The molecule has 0 aromatic heterocycles. The normalized spacial score (nSPS) is 10.8. The van der Waals surface area contributed by atoms with E-state index in [1.54, 1.807) is 31.2 Å². The van der Waals surface area contributed by atoms with Crippen molar-refractivity contribution in [2.24, 2.45) is 0 Å². The largest absolute Gasteiger partial charge is 0.573 e. The molecule has 0 aliphatic carbocycles. The number of alkyl halides is 3. The maximum absolute atomic E-state index is 12.2. The minimum absolute atomic E-state index is 0.0781. The number of carbonyl (C=O) groups is 3. The second kappa shape index (κ2) is 11.6. The number of amides is 3. The van der Waals surface area contributed by atoms with Crippen molar-refractivity contribution in [1.29, 1.82) is 0 Å². The van der Waals surface area contributed by atoms with Crippen LogP contribution in [0.15, 0.2) is 48.5 Å². The van der Waals surface area contributed by atoms with Gasteiger partial charge in [-0.2, -0.15) is 0 Å². The topological polar surface area (TPSA) is 106 Å². The van der Waals surface area contributed by atoms with Gasteiger partial charge in [0.05, 0.1) is 13.0 Å². The summed E-state index contributed by atoms with van der Waals surface area (Å²) in [7, 11) is 0. The standard InChI is InChI=1S/C21H22F3N3O5/c1-2-31-18(28)11-12-25-19(29)15-5-3-14(4-6-15)13-26-20(30)27-16-7-9-17(10-8-16)32-21(22,23)24/h3-10H,2,11-13H2,1H3,(H,25,29)(H2,26,27,30). The van der Waals surface area contributed by atoms with Gasteiger partial charge in [-0.3, -0.25) is 9.59 Å². The van der Waals surface area contributed by atoms with Crippen LogP contribution in [0.3, 0.4) is 0 Å². The number of rotatable bonds is 9. The summed E-state index contributed by atoms with van der Waals surface area (Å²) in [5, 5.41) is 7.69.